The fourth-order valence-corrected chi connectivity index (χ4v) is 0.705. The van der Waals surface area contributed by atoms with Crippen LogP contribution in [0.15, 0.2) is 0 Å². The van der Waals surface area contributed by atoms with Crippen LogP contribution in [0.25, 0.3) is 0 Å². The van der Waals surface area contributed by atoms with E-state index in [0.29, 0.717) is 0 Å². The maximum absolute atomic E-state index is 10.6. The van der Waals surface area contributed by atoms with Gasteiger partial charge in [-0.25, -0.2) is 9.69 Å². The van der Waals surface area contributed by atoms with Crippen molar-refractivity contribution in [3.63, 3.8) is 0 Å². The molecule has 0 aromatic carbocycles. The van der Waals surface area contributed by atoms with Crippen LogP contribution in [0, 0.1) is 0 Å². The lowest BCUT2D eigenvalue weighted by atomic mass is 10.5. The number of cyclic esters (lactones) is 1. The van der Waals surface area contributed by atoms with Gasteiger partial charge >= 0.3 is 6.09 Å². The zero-order valence-electron chi connectivity index (χ0n) is 5.24. The largest absolute Gasteiger partial charge is 0.447 e. The van der Waals surface area contributed by atoms with Crippen LogP contribution in [-0.4, -0.2) is 41.8 Å². The second-order valence-electron chi connectivity index (χ2n) is 1.82. The minimum atomic E-state index is -0.668. The third-order valence-electron chi connectivity index (χ3n) is 1.20. The molecule has 0 atom stereocenters. The molecule has 2 amide bonds. The Morgan fingerprint density at radius 1 is 1.80 bits per heavy atom. The molecule has 1 heterocycles. The minimum absolute atomic E-state index is 0.227. The molecule has 1 N–H and O–H groups in total. The van der Waals surface area contributed by atoms with Gasteiger partial charge in [0.05, 0.1) is 6.54 Å². The molecule has 1 rings (SSSR count). The molecular weight excluding hydrogens is 138 g/mol. The summed E-state index contributed by atoms with van der Waals surface area (Å²) in [6.07, 6.45) is -0.668. The first-order valence-electron chi connectivity index (χ1n) is 2.83. The quantitative estimate of drug-likeness (QED) is 0.511. The predicted octanol–water partition coefficient (Wildman–Crippen LogP) is -1.04. The van der Waals surface area contributed by atoms with Crippen LogP contribution in [0.1, 0.15) is 0 Å². The molecule has 10 heavy (non-hydrogen) atoms. The van der Waals surface area contributed by atoms with Crippen molar-refractivity contribution in [3.05, 3.63) is 0 Å². The molecule has 0 saturated carbocycles. The summed E-state index contributed by atoms with van der Waals surface area (Å²) in [6, 6.07) is 0. The summed E-state index contributed by atoms with van der Waals surface area (Å²) in [5, 5.41) is 8.31. The van der Waals surface area contributed by atoms with Crippen molar-refractivity contribution in [3.8, 4) is 0 Å². The van der Waals surface area contributed by atoms with Crippen molar-refractivity contribution in [1.29, 1.82) is 0 Å². The van der Waals surface area contributed by atoms with E-state index in [0.717, 1.165) is 4.90 Å². The van der Waals surface area contributed by atoms with Crippen molar-refractivity contribution in [2.75, 3.05) is 19.8 Å². The van der Waals surface area contributed by atoms with Gasteiger partial charge in [-0.2, -0.15) is 0 Å². The summed E-state index contributed by atoms with van der Waals surface area (Å²) in [4.78, 5) is 22.0. The number of carbonyl (C=O) groups is 2. The average molecular weight is 145 g/mol. The number of aliphatic hydroxyl groups excluding tert-OH is 1. The number of imide groups is 1. The fraction of sp³-hybridized carbons (Fsp3) is 0.600. The van der Waals surface area contributed by atoms with E-state index >= 15 is 0 Å². The third-order valence-corrected chi connectivity index (χ3v) is 1.20. The Hall–Kier alpha value is -1.10. The maximum Gasteiger partial charge on any atom is 0.416 e. The van der Waals surface area contributed by atoms with E-state index in [1.54, 1.807) is 0 Å². The highest BCUT2D eigenvalue weighted by molar-refractivity contribution is 5.93. The minimum Gasteiger partial charge on any atom is -0.447 e. The highest BCUT2D eigenvalue weighted by Gasteiger charge is 2.27. The number of carbonyl (C=O) groups excluding carboxylic acids is 2. The van der Waals surface area contributed by atoms with Crippen LogP contribution in [0.3, 0.4) is 0 Å². The normalized spacial score (nSPS) is 17.3. The lowest BCUT2D eigenvalue weighted by molar-refractivity contribution is -0.130. The third kappa shape index (κ3) is 1.08. The topological polar surface area (TPSA) is 66.8 Å². The molecular formula is C5H7NO4. The molecule has 1 fully saturated rings. The molecule has 5 heteroatoms. The fourth-order valence-electron chi connectivity index (χ4n) is 0.705. The standard InChI is InChI=1S/C5H7NO4/c7-3-4(8)6-1-2-10-5(6)9/h7H,1-3H2. The molecule has 56 valence electrons. The van der Waals surface area contributed by atoms with E-state index in [2.05, 4.69) is 4.74 Å². The molecule has 0 aromatic rings. The van der Waals surface area contributed by atoms with E-state index in [4.69, 9.17) is 5.11 Å². The van der Waals surface area contributed by atoms with Crippen molar-refractivity contribution in [1.82, 2.24) is 4.90 Å². The second-order valence-corrected chi connectivity index (χ2v) is 1.82. The number of rotatable bonds is 1. The number of amides is 2. The Kier molecular flexibility index (Phi) is 1.86. The van der Waals surface area contributed by atoms with Crippen LogP contribution in [0.2, 0.25) is 0 Å². The van der Waals surface area contributed by atoms with Crippen molar-refractivity contribution in [2.45, 2.75) is 0 Å². The van der Waals surface area contributed by atoms with Gasteiger partial charge in [-0.3, -0.25) is 4.79 Å². The first kappa shape index (κ1) is 7.01. The Bertz CT molecular complexity index is 167. The Morgan fingerprint density at radius 2 is 2.50 bits per heavy atom. The van der Waals surface area contributed by atoms with Gasteiger partial charge in [-0.1, -0.05) is 0 Å². The number of hydrogen-bond donors (Lipinski definition) is 1. The van der Waals surface area contributed by atoms with Crippen molar-refractivity contribution in [2.24, 2.45) is 0 Å². The number of aliphatic hydroxyl groups is 1. The zero-order valence-corrected chi connectivity index (χ0v) is 5.24. The van der Waals surface area contributed by atoms with Crippen LogP contribution in [0.5, 0.6) is 0 Å². The summed E-state index contributed by atoms with van der Waals surface area (Å²) in [7, 11) is 0. The summed E-state index contributed by atoms with van der Waals surface area (Å²) in [6.45, 7) is -0.169. The first-order chi connectivity index (χ1) is 4.75. The summed E-state index contributed by atoms with van der Waals surface area (Å²) in [5.41, 5.74) is 0. The molecule has 1 aliphatic rings. The van der Waals surface area contributed by atoms with Gasteiger partial charge in [-0.05, 0) is 0 Å². The average Bonchev–Trinajstić information content (AvgIpc) is 2.34. The first-order valence-corrected chi connectivity index (χ1v) is 2.83. The molecule has 0 radical (unpaired) electrons. The Morgan fingerprint density at radius 3 is 2.90 bits per heavy atom. The summed E-state index contributed by atoms with van der Waals surface area (Å²) in [5.74, 6) is -0.609. The van der Waals surface area contributed by atoms with Crippen LogP contribution in [-0.2, 0) is 9.53 Å². The monoisotopic (exact) mass is 145 g/mol. The van der Waals surface area contributed by atoms with Gasteiger partial charge < -0.3 is 9.84 Å². The predicted molar refractivity (Wildman–Crippen MR) is 30.1 cm³/mol. The van der Waals surface area contributed by atoms with Gasteiger partial charge in [0.1, 0.15) is 13.2 Å². The Labute approximate surface area is 57.2 Å². The molecule has 5 nitrogen and oxygen atoms in total. The molecule has 1 aliphatic heterocycles. The zero-order chi connectivity index (χ0) is 7.56. The van der Waals surface area contributed by atoms with E-state index in [1.165, 1.54) is 0 Å². The SMILES string of the molecule is O=C(CO)N1CCOC1=O. The highest BCUT2D eigenvalue weighted by Crippen LogP contribution is 2.02. The van der Waals surface area contributed by atoms with Gasteiger partial charge in [0.2, 0.25) is 0 Å². The van der Waals surface area contributed by atoms with Crippen LogP contribution in [0.4, 0.5) is 4.79 Å². The number of nitrogens with zero attached hydrogens (tertiary/aromatic N) is 1. The molecule has 1 saturated heterocycles. The summed E-state index contributed by atoms with van der Waals surface area (Å²) >= 11 is 0. The second kappa shape index (κ2) is 2.66. The van der Waals surface area contributed by atoms with E-state index < -0.39 is 18.6 Å². The van der Waals surface area contributed by atoms with E-state index in [1.807, 2.05) is 0 Å². The molecule has 0 spiro atoms. The Balaban J connectivity index is 2.55. The van der Waals surface area contributed by atoms with Crippen molar-refractivity contribution >= 4 is 12.0 Å². The molecule has 0 bridgehead atoms. The molecule has 0 aliphatic carbocycles. The van der Waals surface area contributed by atoms with Gasteiger partial charge in [0.25, 0.3) is 5.91 Å². The van der Waals surface area contributed by atoms with E-state index in [-0.39, 0.29) is 13.2 Å². The van der Waals surface area contributed by atoms with Crippen molar-refractivity contribution < 1.29 is 19.4 Å². The van der Waals surface area contributed by atoms with E-state index in [9.17, 15) is 9.59 Å². The van der Waals surface area contributed by atoms with Gasteiger partial charge in [-0.15, -0.1) is 0 Å². The number of ether oxygens (including phenoxy) is 1. The van der Waals surface area contributed by atoms with Crippen LogP contribution >= 0.6 is 0 Å². The highest BCUT2D eigenvalue weighted by atomic mass is 16.6. The lowest BCUT2D eigenvalue weighted by Gasteiger charge is -2.06. The summed E-state index contributed by atoms with van der Waals surface area (Å²) < 4.78 is 4.44. The molecule has 0 unspecified atom stereocenters. The lowest BCUT2D eigenvalue weighted by Crippen LogP contribution is -2.33. The van der Waals surface area contributed by atoms with Gasteiger partial charge in [0, 0.05) is 0 Å². The smallest absolute Gasteiger partial charge is 0.416 e. The molecule has 0 aromatic heterocycles. The maximum atomic E-state index is 10.6. The van der Waals surface area contributed by atoms with Gasteiger partial charge in [0.15, 0.2) is 0 Å². The van der Waals surface area contributed by atoms with Crippen LogP contribution < -0.4 is 0 Å². The number of hydrogen-bond acceptors (Lipinski definition) is 4.